The standard InChI is InChI=1S/C21H22N4O3/c1-24-17-10-6-5-9-16(17)22-19(24)18(14-7-3-2-4-8-14)23-21(28)25-12-11-15(13-25)20(26)27/h2-10,15,18H,11-13H2,1H3,(H,23,28)(H,26,27). The largest absolute Gasteiger partial charge is 0.481 e. The van der Waals surface area contributed by atoms with Crippen LogP contribution in [-0.4, -0.2) is 44.6 Å². The fourth-order valence-corrected chi connectivity index (χ4v) is 3.73. The molecular formula is C21H22N4O3. The fraction of sp³-hybridized carbons (Fsp3) is 0.286. The van der Waals surface area contributed by atoms with Crippen LogP contribution < -0.4 is 5.32 Å². The molecule has 0 spiro atoms. The highest BCUT2D eigenvalue weighted by molar-refractivity contribution is 5.79. The van der Waals surface area contributed by atoms with Gasteiger partial charge in [-0.15, -0.1) is 0 Å². The summed E-state index contributed by atoms with van der Waals surface area (Å²) in [6, 6.07) is 16.8. The third kappa shape index (κ3) is 3.31. The Morgan fingerprint density at radius 1 is 1.14 bits per heavy atom. The number of likely N-dealkylation sites (tertiary alicyclic amines) is 1. The van der Waals surface area contributed by atoms with E-state index < -0.39 is 17.9 Å². The highest BCUT2D eigenvalue weighted by Crippen LogP contribution is 2.26. The molecule has 28 heavy (non-hydrogen) atoms. The van der Waals surface area contributed by atoms with Crippen LogP contribution in [0.1, 0.15) is 23.9 Å². The first kappa shape index (κ1) is 18.0. The summed E-state index contributed by atoms with van der Waals surface area (Å²) in [6.45, 7) is 0.665. The molecule has 4 rings (SSSR count). The fourth-order valence-electron chi connectivity index (χ4n) is 3.73. The molecule has 2 amide bonds. The zero-order chi connectivity index (χ0) is 19.7. The summed E-state index contributed by atoms with van der Waals surface area (Å²) < 4.78 is 1.98. The van der Waals surface area contributed by atoms with Gasteiger partial charge in [-0.2, -0.15) is 0 Å². The number of carbonyl (C=O) groups is 2. The van der Waals surface area contributed by atoms with E-state index in [9.17, 15) is 14.7 Å². The Kier molecular flexibility index (Phi) is 4.73. The first-order valence-corrected chi connectivity index (χ1v) is 9.29. The lowest BCUT2D eigenvalue weighted by Gasteiger charge is -2.23. The van der Waals surface area contributed by atoms with E-state index >= 15 is 0 Å². The highest BCUT2D eigenvalue weighted by atomic mass is 16.4. The first-order chi connectivity index (χ1) is 13.5. The Bertz CT molecular complexity index is 1010. The maximum absolute atomic E-state index is 12.9. The van der Waals surface area contributed by atoms with E-state index in [-0.39, 0.29) is 12.6 Å². The van der Waals surface area contributed by atoms with E-state index in [1.807, 2.05) is 66.2 Å². The van der Waals surface area contributed by atoms with Gasteiger partial charge in [0.1, 0.15) is 11.9 Å². The van der Waals surface area contributed by atoms with Crippen molar-refractivity contribution >= 4 is 23.0 Å². The van der Waals surface area contributed by atoms with Crippen molar-refractivity contribution in [3.05, 3.63) is 66.0 Å². The number of hydrogen-bond acceptors (Lipinski definition) is 3. The van der Waals surface area contributed by atoms with E-state index in [2.05, 4.69) is 5.32 Å². The summed E-state index contributed by atoms with van der Waals surface area (Å²) in [5.74, 6) is -0.628. The topological polar surface area (TPSA) is 87.5 Å². The number of aryl methyl sites for hydroxylation is 1. The van der Waals surface area contributed by atoms with E-state index in [0.717, 1.165) is 22.4 Å². The number of nitrogens with one attached hydrogen (secondary N) is 1. The number of amides is 2. The second-order valence-corrected chi connectivity index (χ2v) is 7.08. The average molecular weight is 378 g/mol. The maximum Gasteiger partial charge on any atom is 0.318 e. The minimum Gasteiger partial charge on any atom is -0.481 e. The number of aliphatic carboxylic acids is 1. The van der Waals surface area contributed by atoms with Crippen LogP contribution in [-0.2, 0) is 11.8 Å². The zero-order valence-electron chi connectivity index (χ0n) is 15.6. The van der Waals surface area contributed by atoms with Crippen molar-refractivity contribution in [1.29, 1.82) is 0 Å². The molecule has 0 saturated carbocycles. The number of carboxylic acid groups (broad SMARTS) is 1. The van der Waals surface area contributed by atoms with Crippen LogP contribution in [0.15, 0.2) is 54.6 Å². The number of imidazole rings is 1. The molecular weight excluding hydrogens is 356 g/mol. The predicted octanol–water partition coefficient (Wildman–Crippen LogP) is 2.78. The van der Waals surface area contributed by atoms with Gasteiger partial charge in [-0.25, -0.2) is 9.78 Å². The number of urea groups is 1. The molecule has 1 saturated heterocycles. The molecule has 1 fully saturated rings. The van der Waals surface area contributed by atoms with Gasteiger partial charge in [-0.3, -0.25) is 4.79 Å². The van der Waals surface area contributed by atoms with Crippen LogP contribution in [0.4, 0.5) is 4.79 Å². The minimum absolute atomic E-state index is 0.227. The third-order valence-corrected chi connectivity index (χ3v) is 5.31. The lowest BCUT2D eigenvalue weighted by molar-refractivity contribution is -0.141. The number of fused-ring (bicyclic) bond motifs is 1. The van der Waals surface area contributed by atoms with Crippen LogP contribution in [0, 0.1) is 5.92 Å². The molecule has 2 atom stereocenters. The smallest absolute Gasteiger partial charge is 0.318 e. The summed E-state index contributed by atoms with van der Waals surface area (Å²) in [5.41, 5.74) is 2.77. The Labute approximate surface area is 162 Å². The lowest BCUT2D eigenvalue weighted by Crippen LogP contribution is -2.41. The van der Waals surface area contributed by atoms with E-state index in [0.29, 0.717) is 13.0 Å². The van der Waals surface area contributed by atoms with Gasteiger partial charge >= 0.3 is 12.0 Å². The van der Waals surface area contributed by atoms with E-state index in [1.165, 1.54) is 0 Å². The molecule has 1 aliphatic rings. The number of rotatable bonds is 4. The number of carbonyl (C=O) groups excluding carboxylic acids is 1. The van der Waals surface area contributed by atoms with Gasteiger partial charge in [-0.1, -0.05) is 42.5 Å². The Hall–Kier alpha value is -3.35. The Morgan fingerprint density at radius 3 is 2.54 bits per heavy atom. The Morgan fingerprint density at radius 2 is 1.86 bits per heavy atom. The van der Waals surface area contributed by atoms with Gasteiger partial charge in [0.05, 0.1) is 17.0 Å². The van der Waals surface area contributed by atoms with Crippen molar-refractivity contribution in [3.8, 4) is 0 Å². The minimum atomic E-state index is -0.856. The molecule has 0 aliphatic carbocycles. The van der Waals surface area contributed by atoms with Crippen LogP contribution in [0.25, 0.3) is 11.0 Å². The summed E-state index contributed by atoms with van der Waals surface area (Å²) in [4.78, 5) is 30.4. The molecule has 0 radical (unpaired) electrons. The molecule has 3 aromatic rings. The number of carboxylic acids is 1. The number of benzene rings is 2. The molecule has 7 nitrogen and oxygen atoms in total. The first-order valence-electron chi connectivity index (χ1n) is 9.29. The second kappa shape index (κ2) is 7.34. The van der Waals surface area contributed by atoms with Crippen LogP contribution >= 0.6 is 0 Å². The van der Waals surface area contributed by atoms with Crippen molar-refractivity contribution in [1.82, 2.24) is 19.8 Å². The van der Waals surface area contributed by atoms with E-state index in [1.54, 1.807) is 4.90 Å². The molecule has 7 heteroatoms. The highest BCUT2D eigenvalue weighted by Gasteiger charge is 2.32. The summed E-state index contributed by atoms with van der Waals surface area (Å²) >= 11 is 0. The number of hydrogen-bond donors (Lipinski definition) is 2. The van der Waals surface area contributed by atoms with Gasteiger partial charge in [0.2, 0.25) is 0 Å². The van der Waals surface area contributed by atoms with Crippen molar-refractivity contribution in [3.63, 3.8) is 0 Å². The molecule has 144 valence electrons. The molecule has 2 unspecified atom stereocenters. The number of para-hydroxylation sites is 2. The second-order valence-electron chi connectivity index (χ2n) is 7.08. The SMILES string of the molecule is Cn1c(C(NC(=O)N2CCC(C(=O)O)C2)c2ccccc2)nc2ccccc21. The van der Waals surface area contributed by atoms with Gasteiger partial charge in [-0.05, 0) is 24.1 Å². The summed E-state index contributed by atoms with van der Waals surface area (Å²) in [6.07, 6.45) is 0.477. The van der Waals surface area contributed by atoms with Gasteiger partial charge in [0, 0.05) is 20.1 Å². The zero-order valence-corrected chi connectivity index (χ0v) is 15.6. The third-order valence-electron chi connectivity index (χ3n) is 5.31. The van der Waals surface area contributed by atoms with Crippen molar-refractivity contribution in [2.75, 3.05) is 13.1 Å². The van der Waals surface area contributed by atoms with Crippen molar-refractivity contribution in [2.45, 2.75) is 12.5 Å². The molecule has 2 heterocycles. The summed E-state index contributed by atoms with van der Waals surface area (Å²) in [7, 11) is 1.93. The molecule has 1 aromatic heterocycles. The Balaban J connectivity index is 1.66. The predicted molar refractivity (Wildman–Crippen MR) is 105 cm³/mol. The monoisotopic (exact) mass is 378 g/mol. The van der Waals surface area contributed by atoms with Crippen LogP contribution in [0.2, 0.25) is 0 Å². The molecule has 0 bridgehead atoms. The van der Waals surface area contributed by atoms with Gasteiger partial charge in [0.15, 0.2) is 0 Å². The molecule has 2 aromatic carbocycles. The van der Waals surface area contributed by atoms with Crippen molar-refractivity contribution < 1.29 is 14.7 Å². The normalized spacial score (nSPS) is 17.6. The maximum atomic E-state index is 12.9. The van der Waals surface area contributed by atoms with E-state index in [4.69, 9.17) is 4.98 Å². The van der Waals surface area contributed by atoms with Crippen LogP contribution in [0.3, 0.4) is 0 Å². The lowest BCUT2D eigenvalue weighted by atomic mass is 10.1. The summed E-state index contributed by atoms with van der Waals surface area (Å²) in [5, 5.41) is 12.3. The van der Waals surface area contributed by atoms with Gasteiger partial charge in [0.25, 0.3) is 0 Å². The number of nitrogens with zero attached hydrogens (tertiary/aromatic N) is 3. The quantitative estimate of drug-likeness (QED) is 0.731. The molecule has 2 N–H and O–H groups in total. The van der Waals surface area contributed by atoms with Crippen LogP contribution in [0.5, 0.6) is 0 Å². The number of aromatic nitrogens is 2. The van der Waals surface area contributed by atoms with Gasteiger partial charge < -0.3 is 19.9 Å². The molecule has 1 aliphatic heterocycles. The average Bonchev–Trinajstić information content (AvgIpc) is 3.33. The van der Waals surface area contributed by atoms with Crippen molar-refractivity contribution in [2.24, 2.45) is 13.0 Å².